The Bertz CT molecular complexity index is 536. The van der Waals surface area contributed by atoms with Crippen LogP contribution >= 0.6 is 0 Å². The van der Waals surface area contributed by atoms with Crippen LogP contribution in [0.5, 0.6) is 0 Å². The van der Waals surface area contributed by atoms with E-state index in [0.717, 1.165) is 16.5 Å². The van der Waals surface area contributed by atoms with Gasteiger partial charge in [0.05, 0.1) is 5.52 Å². The summed E-state index contributed by atoms with van der Waals surface area (Å²) in [6.45, 7) is 1.99. The SMILES string of the molecule is Cc1ccc2c(c1)c(N=C=O)nn2C. The molecule has 4 nitrogen and oxygen atoms in total. The van der Waals surface area contributed by atoms with Gasteiger partial charge in [0.1, 0.15) is 0 Å². The predicted molar refractivity (Wildman–Crippen MR) is 53.2 cm³/mol. The highest BCUT2D eigenvalue weighted by molar-refractivity contribution is 5.90. The Labute approximate surface area is 80.9 Å². The van der Waals surface area contributed by atoms with Crippen molar-refractivity contribution < 1.29 is 4.79 Å². The molecule has 0 N–H and O–H groups in total. The molecule has 0 saturated heterocycles. The number of hydrogen-bond acceptors (Lipinski definition) is 3. The first-order chi connectivity index (χ1) is 6.72. The van der Waals surface area contributed by atoms with Gasteiger partial charge in [-0.15, -0.1) is 4.99 Å². The minimum Gasteiger partial charge on any atom is -0.266 e. The third-order valence-corrected chi connectivity index (χ3v) is 2.14. The maximum absolute atomic E-state index is 10.2. The van der Waals surface area contributed by atoms with E-state index in [4.69, 9.17) is 0 Å². The van der Waals surface area contributed by atoms with Gasteiger partial charge in [0.25, 0.3) is 0 Å². The van der Waals surface area contributed by atoms with Crippen LogP contribution in [0.25, 0.3) is 10.9 Å². The van der Waals surface area contributed by atoms with E-state index in [2.05, 4.69) is 10.1 Å². The number of aryl methyl sites for hydroxylation is 2. The van der Waals surface area contributed by atoms with Gasteiger partial charge in [-0.05, 0) is 19.1 Å². The lowest BCUT2D eigenvalue weighted by Gasteiger charge is -1.93. The molecule has 0 radical (unpaired) electrons. The summed E-state index contributed by atoms with van der Waals surface area (Å²) >= 11 is 0. The molecule has 0 amide bonds. The van der Waals surface area contributed by atoms with Crippen LogP contribution in [0.1, 0.15) is 5.56 Å². The second-order valence-corrected chi connectivity index (χ2v) is 3.17. The monoisotopic (exact) mass is 187 g/mol. The molecule has 1 heterocycles. The van der Waals surface area contributed by atoms with E-state index >= 15 is 0 Å². The van der Waals surface area contributed by atoms with Gasteiger partial charge in [0.2, 0.25) is 6.08 Å². The quantitative estimate of drug-likeness (QED) is 0.505. The molecule has 4 heteroatoms. The second-order valence-electron chi connectivity index (χ2n) is 3.17. The maximum atomic E-state index is 10.2. The lowest BCUT2D eigenvalue weighted by Crippen LogP contribution is -1.88. The van der Waals surface area contributed by atoms with Crippen LogP contribution in [-0.4, -0.2) is 15.9 Å². The molecule has 1 aromatic heterocycles. The zero-order chi connectivity index (χ0) is 10.1. The highest BCUT2D eigenvalue weighted by Crippen LogP contribution is 2.24. The zero-order valence-corrected chi connectivity index (χ0v) is 7.98. The minimum absolute atomic E-state index is 0.432. The number of aliphatic imine (C=N–C) groups is 1. The molecule has 0 aliphatic carbocycles. The normalized spacial score (nSPS) is 10.1. The van der Waals surface area contributed by atoms with Gasteiger partial charge < -0.3 is 0 Å². The average molecular weight is 187 g/mol. The first-order valence-corrected chi connectivity index (χ1v) is 4.23. The van der Waals surface area contributed by atoms with Gasteiger partial charge in [-0.1, -0.05) is 11.6 Å². The van der Waals surface area contributed by atoms with Crippen LogP contribution in [-0.2, 0) is 11.8 Å². The van der Waals surface area contributed by atoms with Crippen LogP contribution in [0.15, 0.2) is 23.2 Å². The first kappa shape index (κ1) is 8.66. The van der Waals surface area contributed by atoms with Crippen LogP contribution < -0.4 is 0 Å². The van der Waals surface area contributed by atoms with Crippen LogP contribution in [0.2, 0.25) is 0 Å². The van der Waals surface area contributed by atoms with Gasteiger partial charge in [-0.3, -0.25) is 4.68 Å². The molecule has 0 bridgehead atoms. The second kappa shape index (κ2) is 3.09. The third kappa shape index (κ3) is 1.22. The number of fused-ring (bicyclic) bond motifs is 1. The van der Waals surface area contributed by atoms with Crippen molar-refractivity contribution >= 4 is 22.8 Å². The standard InChI is InChI=1S/C10H9N3O/c1-7-3-4-9-8(5-7)10(11-6-14)12-13(9)2/h3-5H,1-2H3. The summed E-state index contributed by atoms with van der Waals surface area (Å²) in [5.74, 6) is 0.432. The number of hydrogen-bond donors (Lipinski definition) is 0. The Morgan fingerprint density at radius 1 is 1.50 bits per heavy atom. The predicted octanol–water partition coefficient (Wildman–Crippen LogP) is 1.85. The molecule has 0 saturated carbocycles. The van der Waals surface area contributed by atoms with E-state index in [9.17, 15) is 4.79 Å². The van der Waals surface area contributed by atoms with Gasteiger partial charge >= 0.3 is 0 Å². The van der Waals surface area contributed by atoms with E-state index in [1.165, 1.54) is 6.08 Å². The lowest BCUT2D eigenvalue weighted by atomic mass is 10.2. The fourth-order valence-electron chi connectivity index (χ4n) is 1.49. The van der Waals surface area contributed by atoms with Crippen molar-refractivity contribution in [1.29, 1.82) is 0 Å². The van der Waals surface area contributed by atoms with Crippen molar-refractivity contribution in [2.45, 2.75) is 6.92 Å². The summed E-state index contributed by atoms with van der Waals surface area (Å²) in [7, 11) is 1.82. The van der Waals surface area contributed by atoms with E-state index in [-0.39, 0.29) is 0 Å². The average Bonchev–Trinajstić information content (AvgIpc) is 2.44. The van der Waals surface area contributed by atoms with Crippen molar-refractivity contribution in [1.82, 2.24) is 9.78 Å². The highest BCUT2D eigenvalue weighted by Gasteiger charge is 2.06. The molecule has 1 aromatic carbocycles. The lowest BCUT2D eigenvalue weighted by molar-refractivity contribution is 0.565. The van der Waals surface area contributed by atoms with Crippen molar-refractivity contribution in [3.05, 3.63) is 23.8 Å². The summed E-state index contributed by atoms with van der Waals surface area (Å²) in [6.07, 6.45) is 1.51. The van der Waals surface area contributed by atoms with Crippen molar-refractivity contribution in [3.8, 4) is 0 Å². The Morgan fingerprint density at radius 2 is 2.29 bits per heavy atom. The van der Waals surface area contributed by atoms with Crippen molar-refractivity contribution in [3.63, 3.8) is 0 Å². The minimum atomic E-state index is 0.432. The Balaban J connectivity index is 2.85. The van der Waals surface area contributed by atoms with Crippen LogP contribution in [0, 0.1) is 6.92 Å². The maximum Gasteiger partial charge on any atom is 0.242 e. The van der Waals surface area contributed by atoms with Gasteiger partial charge in [-0.25, -0.2) is 4.79 Å². The first-order valence-electron chi connectivity index (χ1n) is 4.23. The molecule has 0 fully saturated rings. The molecule has 2 rings (SSSR count). The van der Waals surface area contributed by atoms with Crippen molar-refractivity contribution in [2.75, 3.05) is 0 Å². The van der Waals surface area contributed by atoms with E-state index < -0.39 is 0 Å². The van der Waals surface area contributed by atoms with Gasteiger partial charge in [0, 0.05) is 12.4 Å². The fourth-order valence-corrected chi connectivity index (χ4v) is 1.49. The molecule has 0 aliphatic rings. The van der Waals surface area contributed by atoms with E-state index in [1.54, 1.807) is 4.68 Å². The van der Waals surface area contributed by atoms with Gasteiger partial charge in [-0.2, -0.15) is 5.10 Å². The van der Waals surface area contributed by atoms with Crippen LogP contribution in [0.3, 0.4) is 0 Å². The summed E-state index contributed by atoms with van der Waals surface area (Å²) in [6, 6.07) is 5.92. The molecular weight excluding hydrogens is 178 g/mol. The van der Waals surface area contributed by atoms with Crippen molar-refractivity contribution in [2.24, 2.45) is 12.0 Å². The van der Waals surface area contributed by atoms with Gasteiger partial charge in [0.15, 0.2) is 5.82 Å². The molecule has 0 atom stereocenters. The molecule has 14 heavy (non-hydrogen) atoms. The molecule has 0 spiro atoms. The fraction of sp³-hybridized carbons (Fsp3) is 0.200. The number of nitrogens with zero attached hydrogens (tertiary/aromatic N) is 3. The summed E-state index contributed by atoms with van der Waals surface area (Å²) in [5, 5.41) is 4.99. The molecule has 0 unspecified atom stereocenters. The molecule has 0 aliphatic heterocycles. The van der Waals surface area contributed by atoms with E-state index in [1.807, 2.05) is 32.2 Å². The van der Waals surface area contributed by atoms with Crippen LogP contribution in [0.4, 0.5) is 5.82 Å². The number of isocyanates is 1. The number of rotatable bonds is 1. The largest absolute Gasteiger partial charge is 0.266 e. The number of aromatic nitrogens is 2. The molecule has 2 aromatic rings. The third-order valence-electron chi connectivity index (χ3n) is 2.14. The topological polar surface area (TPSA) is 47.2 Å². The number of carbonyl (C=O) groups excluding carboxylic acids is 1. The Kier molecular flexibility index (Phi) is 1.91. The Hall–Kier alpha value is -1.93. The molecule has 70 valence electrons. The number of benzene rings is 1. The van der Waals surface area contributed by atoms with E-state index in [0.29, 0.717) is 5.82 Å². The highest BCUT2D eigenvalue weighted by atomic mass is 16.1. The summed E-state index contributed by atoms with van der Waals surface area (Å²) in [4.78, 5) is 13.7. The Morgan fingerprint density at radius 3 is 3.00 bits per heavy atom. The summed E-state index contributed by atoms with van der Waals surface area (Å²) in [5.41, 5.74) is 2.08. The molecular formula is C10H9N3O. The zero-order valence-electron chi connectivity index (χ0n) is 7.98. The summed E-state index contributed by atoms with van der Waals surface area (Å²) < 4.78 is 1.70. The smallest absolute Gasteiger partial charge is 0.242 e.